The molecular weight excluding hydrogens is 316 g/mol. The summed E-state index contributed by atoms with van der Waals surface area (Å²) in [5, 5.41) is 10.6. The molecule has 0 spiro atoms. The molecule has 1 unspecified atom stereocenters. The maximum Gasteiger partial charge on any atom is 0.174 e. The van der Waals surface area contributed by atoms with Gasteiger partial charge in [-0.25, -0.2) is 0 Å². The van der Waals surface area contributed by atoms with Crippen LogP contribution < -0.4 is 0 Å². The Bertz CT molecular complexity index is 540. The average molecular weight is 350 g/mol. The number of aliphatic hydroxyl groups is 1. The highest BCUT2D eigenvalue weighted by molar-refractivity contribution is 6.24. The monoisotopic (exact) mass is 350 g/mol. The van der Waals surface area contributed by atoms with E-state index in [1.54, 1.807) is 0 Å². The Balaban J connectivity index is 3.09. The number of ketones is 3. The quantitative estimate of drug-likeness (QED) is 0.581. The first kappa shape index (κ1) is 21.6. The van der Waals surface area contributed by atoms with E-state index in [4.69, 9.17) is 0 Å². The third-order valence-corrected chi connectivity index (χ3v) is 4.78. The smallest absolute Gasteiger partial charge is 0.174 e. The van der Waals surface area contributed by atoms with Crippen LogP contribution >= 0.6 is 0 Å². The van der Waals surface area contributed by atoms with Gasteiger partial charge in [0.15, 0.2) is 11.6 Å². The zero-order valence-corrected chi connectivity index (χ0v) is 16.6. The molecule has 0 aliphatic heterocycles. The van der Waals surface area contributed by atoms with E-state index < -0.39 is 11.8 Å². The Morgan fingerprint density at radius 2 is 1.52 bits per heavy atom. The molecule has 0 saturated carbocycles. The Morgan fingerprint density at radius 1 is 0.960 bits per heavy atom. The zero-order chi connectivity index (χ0) is 19.3. The van der Waals surface area contributed by atoms with Crippen LogP contribution in [0.5, 0.6) is 0 Å². The van der Waals surface area contributed by atoms with Crippen LogP contribution in [0.25, 0.3) is 0 Å². The molecule has 1 rings (SSSR count). The SMILES string of the molecule is CC(C)CCC(=O)C1C(O)=C(C(=O)CC(C)C)C(=O)[C@H]1CCC(C)C. The standard InChI is InChI=1S/C21H34O4/c1-12(2)7-9-15-18(16(22)10-8-13(3)4)21(25)19(20(15)24)17(23)11-14(5)6/h12-15,18,25H,7-11H2,1-6H3/t15-,18?/m0/s1. The molecule has 1 N–H and O–H groups in total. The summed E-state index contributed by atoms with van der Waals surface area (Å²) in [4.78, 5) is 38.0. The van der Waals surface area contributed by atoms with E-state index in [9.17, 15) is 19.5 Å². The second kappa shape index (κ2) is 9.30. The lowest BCUT2D eigenvalue weighted by molar-refractivity contribution is -0.129. The Labute approximate surface area is 152 Å². The minimum absolute atomic E-state index is 0.102. The van der Waals surface area contributed by atoms with Gasteiger partial charge in [0.05, 0.1) is 11.5 Å². The minimum atomic E-state index is -0.823. The van der Waals surface area contributed by atoms with Crippen molar-refractivity contribution in [3.8, 4) is 0 Å². The summed E-state index contributed by atoms with van der Waals surface area (Å²) in [5.74, 6) is -1.55. The van der Waals surface area contributed by atoms with Crippen molar-refractivity contribution in [1.82, 2.24) is 0 Å². The third kappa shape index (κ3) is 5.79. The zero-order valence-electron chi connectivity index (χ0n) is 16.6. The summed E-state index contributed by atoms with van der Waals surface area (Å²) in [5.41, 5.74) is -0.106. The number of hydrogen-bond acceptors (Lipinski definition) is 4. The van der Waals surface area contributed by atoms with Crippen molar-refractivity contribution in [2.75, 3.05) is 0 Å². The number of allylic oxidation sites excluding steroid dienone is 2. The first-order valence-electron chi connectivity index (χ1n) is 9.59. The van der Waals surface area contributed by atoms with Crippen molar-refractivity contribution in [3.63, 3.8) is 0 Å². The van der Waals surface area contributed by atoms with E-state index in [0.717, 1.165) is 12.8 Å². The molecule has 0 amide bonds. The molecule has 142 valence electrons. The molecule has 2 atom stereocenters. The van der Waals surface area contributed by atoms with Gasteiger partial charge >= 0.3 is 0 Å². The van der Waals surface area contributed by atoms with Gasteiger partial charge in [0.2, 0.25) is 0 Å². The van der Waals surface area contributed by atoms with Gasteiger partial charge in [-0.05, 0) is 30.6 Å². The maximum atomic E-state index is 12.8. The lowest BCUT2D eigenvalue weighted by Crippen LogP contribution is -2.26. The van der Waals surface area contributed by atoms with Crippen molar-refractivity contribution in [2.45, 2.75) is 73.6 Å². The molecule has 0 aromatic rings. The van der Waals surface area contributed by atoms with Gasteiger partial charge in [-0.3, -0.25) is 14.4 Å². The number of Topliss-reactive ketones (excluding diaryl/α,β-unsaturated/α-hetero) is 3. The van der Waals surface area contributed by atoms with E-state index >= 15 is 0 Å². The summed E-state index contributed by atoms with van der Waals surface area (Å²) in [6.07, 6.45) is 2.61. The van der Waals surface area contributed by atoms with E-state index in [-0.39, 0.29) is 41.0 Å². The van der Waals surface area contributed by atoms with Gasteiger partial charge in [-0.1, -0.05) is 48.0 Å². The Hall–Kier alpha value is -1.45. The first-order chi connectivity index (χ1) is 11.6. The van der Waals surface area contributed by atoms with Crippen LogP contribution in [0.1, 0.15) is 73.6 Å². The van der Waals surface area contributed by atoms with Gasteiger partial charge in [0.1, 0.15) is 11.5 Å². The van der Waals surface area contributed by atoms with Crippen LogP contribution in [0.2, 0.25) is 0 Å². The second-order valence-corrected chi connectivity index (χ2v) is 8.60. The highest BCUT2D eigenvalue weighted by Gasteiger charge is 2.47. The summed E-state index contributed by atoms with van der Waals surface area (Å²) >= 11 is 0. The molecule has 0 aromatic heterocycles. The number of rotatable bonds is 10. The van der Waals surface area contributed by atoms with E-state index in [2.05, 4.69) is 13.8 Å². The highest BCUT2D eigenvalue weighted by Crippen LogP contribution is 2.39. The van der Waals surface area contributed by atoms with Crippen molar-refractivity contribution in [2.24, 2.45) is 29.6 Å². The summed E-state index contributed by atoms with van der Waals surface area (Å²) in [6, 6.07) is 0. The van der Waals surface area contributed by atoms with Gasteiger partial charge in [-0.2, -0.15) is 0 Å². The molecule has 0 radical (unpaired) electrons. The van der Waals surface area contributed by atoms with Gasteiger partial charge in [0, 0.05) is 18.8 Å². The molecule has 0 aromatic carbocycles. The summed E-state index contributed by atoms with van der Waals surface area (Å²) < 4.78 is 0. The first-order valence-corrected chi connectivity index (χ1v) is 9.59. The van der Waals surface area contributed by atoms with Crippen molar-refractivity contribution in [3.05, 3.63) is 11.3 Å². The lowest BCUT2D eigenvalue weighted by atomic mass is 9.83. The topological polar surface area (TPSA) is 71.4 Å². The van der Waals surface area contributed by atoms with E-state index in [0.29, 0.717) is 24.7 Å². The molecule has 0 heterocycles. The molecular formula is C21H34O4. The van der Waals surface area contributed by atoms with E-state index in [1.165, 1.54) is 0 Å². The van der Waals surface area contributed by atoms with Crippen LogP contribution in [0.15, 0.2) is 11.3 Å². The van der Waals surface area contributed by atoms with Crippen LogP contribution in [-0.4, -0.2) is 22.5 Å². The van der Waals surface area contributed by atoms with Crippen molar-refractivity contribution in [1.29, 1.82) is 0 Å². The van der Waals surface area contributed by atoms with Gasteiger partial charge in [0.25, 0.3) is 0 Å². The third-order valence-electron chi connectivity index (χ3n) is 4.78. The molecule has 4 nitrogen and oxygen atoms in total. The fraction of sp³-hybridized carbons (Fsp3) is 0.762. The lowest BCUT2D eigenvalue weighted by Gasteiger charge is -2.19. The van der Waals surface area contributed by atoms with Crippen LogP contribution in [0.3, 0.4) is 0 Å². The van der Waals surface area contributed by atoms with Crippen molar-refractivity contribution < 1.29 is 19.5 Å². The van der Waals surface area contributed by atoms with E-state index in [1.807, 2.05) is 27.7 Å². The van der Waals surface area contributed by atoms with Crippen LogP contribution in [-0.2, 0) is 14.4 Å². The normalized spacial score (nSPS) is 21.1. The predicted molar refractivity (Wildman–Crippen MR) is 99.3 cm³/mol. The molecule has 25 heavy (non-hydrogen) atoms. The molecule has 4 heteroatoms. The average Bonchev–Trinajstić information content (AvgIpc) is 2.72. The van der Waals surface area contributed by atoms with Crippen LogP contribution in [0.4, 0.5) is 0 Å². The van der Waals surface area contributed by atoms with Crippen LogP contribution in [0, 0.1) is 29.6 Å². The number of hydrogen-bond donors (Lipinski definition) is 1. The Morgan fingerprint density at radius 3 is 2.00 bits per heavy atom. The number of carbonyl (C=O) groups is 3. The fourth-order valence-corrected chi connectivity index (χ4v) is 3.34. The molecule has 1 aliphatic carbocycles. The minimum Gasteiger partial charge on any atom is -0.511 e. The van der Waals surface area contributed by atoms with Gasteiger partial charge in [-0.15, -0.1) is 0 Å². The summed E-state index contributed by atoms with van der Waals surface area (Å²) in [7, 11) is 0. The molecule has 0 fully saturated rings. The number of carbonyl (C=O) groups excluding carboxylic acids is 3. The predicted octanol–water partition coefficient (Wildman–Crippen LogP) is 4.67. The molecule has 0 bridgehead atoms. The largest absolute Gasteiger partial charge is 0.511 e. The highest BCUT2D eigenvalue weighted by atomic mass is 16.3. The summed E-state index contributed by atoms with van der Waals surface area (Å²) in [6.45, 7) is 12.0. The second-order valence-electron chi connectivity index (χ2n) is 8.60. The molecule has 0 saturated heterocycles. The van der Waals surface area contributed by atoms with Gasteiger partial charge < -0.3 is 5.11 Å². The van der Waals surface area contributed by atoms with Crippen molar-refractivity contribution >= 4 is 17.3 Å². The molecule has 1 aliphatic rings. The maximum absolute atomic E-state index is 12.8. The number of aliphatic hydroxyl groups excluding tert-OH is 1. The fourth-order valence-electron chi connectivity index (χ4n) is 3.34. The Kier molecular flexibility index (Phi) is 8.04.